The monoisotopic (exact) mass is 345 g/mol. The standard InChI is InChI=1S/C19H27N3O3/c1-5-21(6-2)10-11-22-16(14-8-7-9-20-12-14)15(17(23)13(3)4)18(24)19(22)25/h7-9,12-13,16,24H,5-6,10-11H2,1-4H3. The van der Waals surface area contributed by atoms with E-state index in [2.05, 4.69) is 23.7 Å². The van der Waals surface area contributed by atoms with Gasteiger partial charge in [0.25, 0.3) is 5.91 Å². The molecule has 6 nitrogen and oxygen atoms in total. The van der Waals surface area contributed by atoms with Gasteiger partial charge in [0, 0.05) is 31.4 Å². The number of hydrogen-bond acceptors (Lipinski definition) is 5. The van der Waals surface area contributed by atoms with Crippen LogP contribution in [0.1, 0.15) is 39.3 Å². The molecule has 0 aromatic carbocycles. The van der Waals surface area contributed by atoms with Crippen LogP contribution < -0.4 is 0 Å². The van der Waals surface area contributed by atoms with E-state index >= 15 is 0 Å². The maximum atomic E-state index is 12.7. The van der Waals surface area contributed by atoms with E-state index in [9.17, 15) is 14.7 Å². The van der Waals surface area contributed by atoms with Crippen molar-refractivity contribution in [2.75, 3.05) is 26.2 Å². The van der Waals surface area contributed by atoms with E-state index in [0.717, 1.165) is 18.7 Å². The van der Waals surface area contributed by atoms with Crippen molar-refractivity contribution in [1.82, 2.24) is 14.8 Å². The third-order valence-corrected chi connectivity index (χ3v) is 4.65. The molecule has 0 saturated carbocycles. The highest BCUT2D eigenvalue weighted by Gasteiger charge is 2.43. The number of aliphatic hydroxyl groups excluding tert-OH is 1. The second-order valence-electron chi connectivity index (χ2n) is 6.50. The van der Waals surface area contributed by atoms with E-state index in [-0.39, 0.29) is 17.3 Å². The highest BCUT2D eigenvalue weighted by atomic mass is 16.3. The lowest BCUT2D eigenvalue weighted by molar-refractivity contribution is -0.129. The van der Waals surface area contributed by atoms with Crippen molar-refractivity contribution in [2.45, 2.75) is 33.7 Å². The first-order valence-electron chi connectivity index (χ1n) is 8.82. The van der Waals surface area contributed by atoms with E-state index in [1.165, 1.54) is 0 Å². The van der Waals surface area contributed by atoms with Gasteiger partial charge in [0.2, 0.25) is 0 Å². The molecule has 1 aliphatic rings. The van der Waals surface area contributed by atoms with E-state index in [4.69, 9.17) is 0 Å². The summed E-state index contributed by atoms with van der Waals surface area (Å²) in [6.07, 6.45) is 3.29. The van der Waals surface area contributed by atoms with Crippen LogP contribution in [0.4, 0.5) is 0 Å². The van der Waals surface area contributed by atoms with E-state index < -0.39 is 17.7 Å². The van der Waals surface area contributed by atoms with E-state index in [1.807, 2.05) is 6.07 Å². The molecule has 0 aliphatic carbocycles. The van der Waals surface area contributed by atoms with Gasteiger partial charge in [-0.2, -0.15) is 0 Å². The summed E-state index contributed by atoms with van der Waals surface area (Å²) in [5.41, 5.74) is 0.927. The third-order valence-electron chi connectivity index (χ3n) is 4.65. The molecule has 0 fully saturated rings. The number of amides is 1. The summed E-state index contributed by atoms with van der Waals surface area (Å²) in [6, 6.07) is 3.03. The smallest absolute Gasteiger partial charge is 0.290 e. The van der Waals surface area contributed by atoms with Crippen LogP contribution in [-0.4, -0.2) is 57.8 Å². The normalized spacial score (nSPS) is 17.9. The molecule has 0 radical (unpaired) electrons. The number of pyridine rings is 1. The van der Waals surface area contributed by atoms with Crippen molar-refractivity contribution in [1.29, 1.82) is 0 Å². The maximum absolute atomic E-state index is 12.7. The highest BCUT2D eigenvalue weighted by molar-refractivity contribution is 6.09. The molecule has 1 N–H and O–H groups in total. The van der Waals surface area contributed by atoms with Crippen molar-refractivity contribution >= 4 is 11.7 Å². The summed E-state index contributed by atoms with van der Waals surface area (Å²) in [4.78, 5) is 33.2. The molecule has 1 unspecified atom stereocenters. The van der Waals surface area contributed by atoms with Gasteiger partial charge in [-0.25, -0.2) is 0 Å². The second kappa shape index (κ2) is 8.25. The number of hydrogen-bond donors (Lipinski definition) is 1. The highest BCUT2D eigenvalue weighted by Crippen LogP contribution is 2.38. The molecule has 1 amide bonds. The Bertz CT molecular complexity index is 651. The molecular formula is C19H27N3O3. The average Bonchev–Trinajstić information content (AvgIpc) is 2.87. The predicted molar refractivity (Wildman–Crippen MR) is 96.0 cm³/mol. The predicted octanol–water partition coefficient (Wildman–Crippen LogP) is 2.34. The summed E-state index contributed by atoms with van der Waals surface area (Å²) in [6.45, 7) is 10.6. The molecule has 25 heavy (non-hydrogen) atoms. The molecule has 1 aromatic rings. The molecule has 2 rings (SSSR count). The summed E-state index contributed by atoms with van der Waals surface area (Å²) >= 11 is 0. The number of aliphatic hydroxyl groups is 1. The fourth-order valence-electron chi connectivity index (χ4n) is 3.12. The van der Waals surface area contributed by atoms with Gasteiger partial charge in [-0.3, -0.25) is 14.6 Å². The summed E-state index contributed by atoms with van der Waals surface area (Å²) in [7, 11) is 0. The first kappa shape index (κ1) is 19.1. The lowest BCUT2D eigenvalue weighted by Gasteiger charge is -2.29. The molecule has 1 atom stereocenters. The number of rotatable bonds is 8. The average molecular weight is 345 g/mol. The molecule has 1 aromatic heterocycles. The molecule has 0 saturated heterocycles. The van der Waals surface area contributed by atoms with Gasteiger partial charge >= 0.3 is 0 Å². The minimum atomic E-state index is -0.577. The van der Waals surface area contributed by atoms with Crippen LogP contribution in [0, 0.1) is 5.92 Å². The van der Waals surface area contributed by atoms with Gasteiger partial charge in [-0.05, 0) is 24.7 Å². The number of carbonyl (C=O) groups excluding carboxylic acids is 2. The van der Waals surface area contributed by atoms with Crippen LogP contribution in [0.3, 0.4) is 0 Å². The molecule has 6 heteroatoms. The molecule has 136 valence electrons. The zero-order chi connectivity index (χ0) is 18.6. The van der Waals surface area contributed by atoms with Gasteiger partial charge in [-0.15, -0.1) is 0 Å². The van der Waals surface area contributed by atoms with Crippen molar-refractivity contribution < 1.29 is 14.7 Å². The van der Waals surface area contributed by atoms with E-state index in [1.54, 1.807) is 37.2 Å². The fourth-order valence-corrected chi connectivity index (χ4v) is 3.12. The van der Waals surface area contributed by atoms with Crippen LogP contribution in [-0.2, 0) is 9.59 Å². The number of likely N-dealkylation sites (N-methyl/N-ethyl adjacent to an activating group) is 1. The Labute approximate surface area is 149 Å². The molecular weight excluding hydrogens is 318 g/mol. The first-order valence-corrected chi connectivity index (χ1v) is 8.82. The Morgan fingerprint density at radius 2 is 2.04 bits per heavy atom. The second-order valence-corrected chi connectivity index (χ2v) is 6.50. The Morgan fingerprint density at radius 1 is 1.36 bits per heavy atom. The number of ketones is 1. The largest absolute Gasteiger partial charge is 0.503 e. The van der Waals surface area contributed by atoms with Gasteiger partial charge in [-0.1, -0.05) is 33.8 Å². The number of nitrogens with zero attached hydrogens (tertiary/aromatic N) is 3. The lowest BCUT2D eigenvalue weighted by atomic mass is 9.92. The SMILES string of the molecule is CCN(CC)CCN1C(=O)C(O)=C(C(=O)C(C)C)C1c1cccnc1. The van der Waals surface area contributed by atoms with Crippen molar-refractivity contribution in [3.8, 4) is 0 Å². The Morgan fingerprint density at radius 3 is 2.56 bits per heavy atom. The topological polar surface area (TPSA) is 73.7 Å². The van der Waals surface area contributed by atoms with Crippen molar-refractivity contribution in [3.05, 3.63) is 41.4 Å². The maximum Gasteiger partial charge on any atom is 0.290 e. The van der Waals surface area contributed by atoms with Gasteiger partial charge < -0.3 is 14.9 Å². The van der Waals surface area contributed by atoms with Gasteiger partial charge in [0.05, 0.1) is 11.6 Å². The Hall–Kier alpha value is -2.21. The van der Waals surface area contributed by atoms with Gasteiger partial charge in [0.1, 0.15) is 0 Å². The summed E-state index contributed by atoms with van der Waals surface area (Å²) < 4.78 is 0. The quantitative estimate of drug-likeness (QED) is 0.783. The minimum absolute atomic E-state index is 0.188. The van der Waals surface area contributed by atoms with Gasteiger partial charge in [0.15, 0.2) is 11.5 Å². The fraction of sp³-hybridized carbons (Fsp3) is 0.526. The summed E-state index contributed by atoms with van der Waals surface area (Å²) in [5, 5.41) is 10.4. The van der Waals surface area contributed by atoms with Crippen molar-refractivity contribution in [3.63, 3.8) is 0 Å². The Balaban J connectivity index is 2.39. The zero-order valence-corrected chi connectivity index (χ0v) is 15.4. The third kappa shape index (κ3) is 3.90. The van der Waals surface area contributed by atoms with Crippen LogP contribution in [0.2, 0.25) is 0 Å². The number of carbonyl (C=O) groups is 2. The van der Waals surface area contributed by atoms with Crippen LogP contribution in [0.5, 0.6) is 0 Å². The molecule has 2 heterocycles. The van der Waals surface area contributed by atoms with Crippen LogP contribution in [0.15, 0.2) is 35.9 Å². The number of aromatic nitrogens is 1. The summed E-state index contributed by atoms with van der Waals surface area (Å²) in [5.74, 6) is -1.41. The van der Waals surface area contributed by atoms with E-state index in [0.29, 0.717) is 13.1 Å². The minimum Gasteiger partial charge on any atom is -0.503 e. The lowest BCUT2D eigenvalue weighted by Crippen LogP contribution is -2.38. The first-order chi connectivity index (χ1) is 11.9. The van der Waals surface area contributed by atoms with Crippen LogP contribution in [0.25, 0.3) is 0 Å². The molecule has 0 bridgehead atoms. The Kier molecular flexibility index (Phi) is 6.31. The van der Waals surface area contributed by atoms with Crippen molar-refractivity contribution in [2.24, 2.45) is 5.92 Å². The molecule has 1 aliphatic heterocycles. The molecule has 0 spiro atoms. The van der Waals surface area contributed by atoms with Crippen LogP contribution >= 0.6 is 0 Å². The zero-order valence-electron chi connectivity index (χ0n) is 15.4. The number of Topliss-reactive ketones (excluding diaryl/α,β-unsaturated/α-hetero) is 1.